The molecule has 0 aromatic heterocycles. The number of rotatable bonds is 3. The van der Waals surface area contributed by atoms with Crippen molar-refractivity contribution in [3.8, 4) is 12.1 Å². The van der Waals surface area contributed by atoms with Gasteiger partial charge < -0.3 is 11.1 Å². The SMILES string of the molecule is N#Cc1ccc(NC2CCCC2CN)cc1C#N. The second-order valence-corrected chi connectivity index (χ2v) is 4.66. The molecule has 2 rings (SSSR count). The monoisotopic (exact) mass is 240 g/mol. The molecule has 3 N–H and O–H groups in total. The van der Waals surface area contributed by atoms with E-state index in [0.717, 1.165) is 18.5 Å². The largest absolute Gasteiger partial charge is 0.382 e. The number of nitrogens with zero attached hydrogens (tertiary/aromatic N) is 2. The summed E-state index contributed by atoms with van der Waals surface area (Å²) >= 11 is 0. The van der Waals surface area contributed by atoms with Crippen molar-refractivity contribution >= 4 is 5.69 Å². The average molecular weight is 240 g/mol. The summed E-state index contributed by atoms with van der Waals surface area (Å²) in [5, 5.41) is 21.3. The standard InChI is InChI=1S/C14H16N4/c15-7-10-4-5-13(6-12(10)9-17)18-14-3-1-2-11(14)8-16/h4-6,11,14,18H,1-3,8,16H2. The van der Waals surface area contributed by atoms with Crippen molar-refractivity contribution < 1.29 is 0 Å². The zero-order valence-corrected chi connectivity index (χ0v) is 10.2. The fourth-order valence-electron chi connectivity index (χ4n) is 2.55. The molecule has 0 spiro atoms. The average Bonchev–Trinajstić information content (AvgIpc) is 2.85. The van der Waals surface area contributed by atoms with Gasteiger partial charge in [-0.05, 0) is 43.5 Å². The summed E-state index contributed by atoms with van der Waals surface area (Å²) in [5.74, 6) is 0.506. The molecular weight excluding hydrogens is 224 g/mol. The fourth-order valence-corrected chi connectivity index (χ4v) is 2.55. The molecule has 1 fully saturated rings. The van der Waals surface area contributed by atoms with Gasteiger partial charge in [-0.3, -0.25) is 0 Å². The molecule has 92 valence electrons. The Kier molecular flexibility index (Phi) is 3.82. The summed E-state index contributed by atoms with van der Waals surface area (Å²) in [6.07, 6.45) is 3.47. The molecular formula is C14H16N4. The van der Waals surface area contributed by atoms with E-state index in [1.54, 1.807) is 12.1 Å². The highest BCUT2D eigenvalue weighted by atomic mass is 14.9. The van der Waals surface area contributed by atoms with Crippen LogP contribution in [0.1, 0.15) is 30.4 Å². The van der Waals surface area contributed by atoms with E-state index in [2.05, 4.69) is 5.32 Å². The first-order valence-corrected chi connectivity index (χ1v) is 6.19. The normalized spacial score (nSPS) is 22.2. The third kappa shape index (κ3) is 2.45. The minimum atomic E-state index is 0.384. The summed E-state index contributed by atoms with van der Waals surface area (Å²) in [6, 6.07) is 9.73. The van der Waals surface area contributed by atoms with Crippen LogP contribution in [-0.4, -0.2) is 12.6 Å². The first-order chi connectivity index (χ1) is 8.78. The van der Waals surface area contributed by atoms with Gasteiger partial charge in [-0.1, -0.05) is 6.42 Å². The quantitative estimate of drug-likeness (QED) is 0.845. The highest BCUT2D eigenvalue weighted by Gasteiger charge is 2.25. The van der Waals surface area contributed by atoms with E-state index >= 15 is 0 Å². The molecule has 1 aromatic carbocycles. The van der Waals surface area contributed by atoms with E-state index in [0.29, 0.717) is 29.6 Å². The molecule has 0 amide bonds. The Hall–Kier alpha value is -2.04. The third-order valence-electron chi connectivity index (χ3n) is 3.57. The van der Waals surface area contributed by atoms with Gasteiger partial charge in [0.25, 0.3) is 0 Å². The highest BCUT2D eigenvalue weighted by molar-refractivity contribution is 5.56. The van der Waals surface area contributed by atoms with Crippen LogP contribution in [0.3, 0.4) is 0 Å². The van der Waals surface area contributed by atoms with Crippen LogP contribution in [0.15, 0.2) is 18.2 Å². The zero-order chi connectivity index (χ0) is 13.0. The molecule has 2 atom stereocenters. The Morgan fingerprint density at radius 2 is 2.00 bits per heavy atom. The molecule has 18 heavy (non-hydrogen) atoms. The smallest absolute Gasteiger partial charge is 0.101 e. The summed E-state index contributed by atoms with van der Waals surface area (Å²) < 4.78 is 0. The summed E-state index contributed by atoms with van der Waals surface area (Å²) in [6.45, 7) is 0.694. The van der Waals surface area contributed by atoms with E-state index < -0.39 is 0 Å². The van der Waals surface area contributed by atoms with Crippen molar-refractivity contribution in [1.29, 1.82) is 10.5 Å². The number of hydrogen-bond acceptors (Lipinski definition) is 4. The van der Waals surface area contributed by atoms with Gasteiger partial charge >= 0.3 is 0 Å². The summed E-state index contributed by atoms with van der Waals surface area (Å²) in [7, 11) is 0. The van der Waals surface area contributed by atoms with Crippen LogP contribution < -0.4 is 11.1 Å². The van der Waals surface area contributed by atoms with Gasteiger partial charge in [0.1, 0.15) is 12.1 Å². The van der Waals surface area contributed by atoms with Gasteiger partial charge in [0.15, 0.2) is 0 Å². The van der Waals surface area contributed by atoms with E-state index in [-0.39, 0.29) is 0 Å². The molecule has 0 bridgehead atoms. The number of nitrogens with one attached hydrogen (secondary N) is 1. The van der Waals surface area contributed by atoms with Gasteiger partial charge in [0.2, 0.25) is 0 Å². The Labute approximate surface area is 107 Å². The number of benzene rings is 1. The zero-order valence-electron chi connectivity index (χ0n) is 10.2. The molecule has 2 unspecified atom stereocenters. The van der Waals surface area contributed by atoms with Crippen molar-refractivity contribution in [2.24, 2.45) is 11.7 Å². The molecule has 0 radical (unpaired) electrons. The highest BCUT2D eigenvalue weighted by Crippen LogP contribution is 2.28. The molecule has 1 aromatic rings. The molecule has 4 nitrogen and oxygen atoms in total. The molecule has 0 aliphatic heterocycles. The first kappa shape index (κ1) is 12.4. The Morgan fingerprint density at radius 1 is 1.22 bits per heavy atom. The van der Waals surface area contributed by atoms with Gasteiger partial charge in [0, 0.05) is 11.7 Å². The molecule has 1 aliphatic rings. The minimum absolute atomic E-state index is 0.384. The van der Waals surface area contributed by atoms with Crippen LogP contribution in [-0.2, 0) is 0 Å². The molecule has 1 aliphatic carbocycles. The predicted molar refractivity (Wildman–Crippen MR) is 69.7 cm³/mol. The van der Waals surface area contributed by atoms with Crippen LogP contribution >= 0.6 is 0 Å². The third-order valence-corrected chi connectivity index (χ3v) is 3.57. The number of hydrogen-bond donors (Lipinski definition) is 2. The van der Waals surface area contributed by atoms with Crippen LogP contribution in [0.25, 0.3) is 0 Å². The lowest BCUT2D eigenvalue weighted by Crippen LogP contribution is -2.29. The maximum absolute atomic E-state index is 8.98. The lowest BCUT2D eigenvalue weighted by atomic mass is 10.0. The minimum Gasteiger partial charge on any atom is -0.382 e. The van der Waals surface area contributed by atoms with E-state index in [9.17, 15) is 0 Å². The topological polar surface area (TPSA) is 85.6 Å². The summed E-state index contributed by atoms with van der Waals surface area (Å²) in [4.78, 5) is 0. The van der Waals surface area contributed by atoms with Crippen molar-refractivity contribution in [2.45, 2.75) is 25.3 Å². The molecule has 0 saturated heterocycles. The Morgan fingerprint density at radius 3 is 2.67 bits per heavy atom. The first-order valence-electron chi connectivity index (χ1n) is 6.19. The number of anilines is 1. The van der Waals surface area contributed by atoms with Gasteiger partial charge in [-0.25, -0.2) is 0 Å². The van der Waals surface area contributed by atoms with Gasteiger partial charge in [-0.2, -0.15) is 10.5 Å². The lowest BCUT2D eigenvalue weighted by Gasteiger charge is -2.20. The van der Waals surface area contributed by atoms with Crippen LogP contribution in [0.2, 0.25) is 0 Å². The predicted octanol–water partition coefficient (Wildman–Crippen LogP) is 1.97. The summed E-state index contributed by atoms with van der Waals surface area (Å²) in [5.41, 5.74) is 7.49. The number of nitrogens with two attached hydrogens (primary N) is 1. The fraction of sp³-hybridized carbons (Fsp3) is 0.429. The van der Waals surface area contributed by atoms with Crippen LogP contribution in [0.4, 0.5) is 5.69 Å². The number of nitriles is 2. The maximum atomic E-state index is 8.98. The van der Waals surface area contributed by atoms with Gasteiger partial charge in [0.05, 0.1) is 11.1 Å². The van der Waals surface area contributed by atoms with Crippen molar-refractivity contribution in [3.05, 3.63) is 29.3 Å². The van der Waals surface area contributed by atoms with E-state index in [1.807, 2.05) is 18.2 Å². The van der Waals surface area contributed by atoms with Crippen molar-refractivity contribution in [1.82, 2.24) is 0 Å². The molecule has 4 heteroatoms. The molecule has 1 saturated carbocycles. The van der Waals surface area contributed by atoms with Gasteiger partial charge in [-0.15, -0.1) is 0 Å². The lowest BCUT2D eigenvalue weighted by molar-refractivity contribution is 0.516. The van der Waals surface area contributed by atoms with Crippen LogP contribution in [0.5, 0.6) is 0 Å². The van der Waals surface area contributed by atoms with Crippen LogP contribution in [0, 0.1) is 28.6 Å². The Balaban J connectivity index is 2.16. The van der Waals surface area contributed by atoms with E-state index in [4.69, 9.17) is 16.3 Å². The molecule has 0 heterocycles. The Bertz CT molecular complexity index is 510. The maximum Gasteiger partial charge on any atom is 0.101 e. The second kappa shape index (κ2) is 5.53. The van der Waals surface area contributed by atoms with E-state index in [1.165, 1.54) is 6.42 Å². The second-order valence-electron chi connectivity index (χ2n) is 4.66. The van der Waals surface area contributed by atoms with Crippen molar-refractivity contribution in [2.75, 3.05) is 11.9 Å². The van der Waals surface area contributed by atoms with Crippen molar-refractivity contribution in [3.63, 3.8) is 0 Å².